The summed E-state index contributed by atoms with van der Waals surface area (Å²) in [5.74, 6) is -0.677. The van der Waals surface area contributed by atoms with Crippen LogP contribution in [0.25, 0.3) is 0 Å². The first kappa shape index (κ1) is 80.4. The molecule has 0 amide bonds. The molecule has 0 spiro atoms. The maximum atomic E-state index is 11.9. The van der Waals surface area contributed by atoms with Crippen LogP contribution in [0.1, 0.15) is 457 Å². The lowest BCUT2D eigenvalue weighted by molar-refractivity contribution is -0.146. The number of aliphatic hydroxyl groups is 1. The van der Waals surface area contributed by atoms with E-state index in [0.717, 1.165) is 25.7 Å². The van der Waals surface area contributed by atoms with E-state index in [1.54, 1.807) is 0 Å². The van der Waals surface area contributed by atoms with Crippen LogP contribution in [-0.2, 0) is 9.53 Å². The zero-order valence-electron chi connectivity index (χ0n) is 56.6. The van der Waals surface area contributed by atoms with Crippen LogP contribution in [0.15, 0.2) is 0 Å². The third-order valence-corrected chi connectivity index (χ3v) is 19.3. The van der Waals surface area contributed by atoms with Gasteiger partial charge in [-0.15, -0.1) is 0 Å². The summed E-state index contributed by atoms with van der Waals surface area (Å²) in [6.07, 6.45) is 92.7. The number of carboxylic acids is 1. The molecule has 0 aromatic heterocycles. The summed E-state index contributed by atoms with van der Waals surface area (Å²) in [7, 11) is 1.95. The van der Waals surface area contributed by atoms with Crippen molar-refractivity contribution < 1.29 is 19.7 Å². The van der Waals surface area contributed by atoms with Crippen molar-refractivity contribution in [2.75, 3.05) is 7.11 Å². The lowest BCUT2D eigenvalue weighted by atomic mass is 9.91. The predicted molar refractivity (Wildman–Crippen MR) is 362 cm³/mol. The first-order valence-electron chi connectivity index (χ1n) is 38.4. The van der Waals surface area contributed by atoms with Crippen LogP contribution < -0.4 is 0 Å². The van der Waals surface area contributed by atoms with Gasteiger partial charge in [0.05, 0.1) is 18.1 Å². The van der Waals surface area contributed by atoms with E-state index in [9.17, 15) is 15.0 Å². The molecule has 0 radical (unpaired) electrons. The van der Waals surface area contributed by atoms with E-state index >= 15 is 0 Å². The lowest BCUT2D eigenvalue weighted by Gasteiger charge is -2.22. The highest BCUT2D eigenvalue weighted by Crippen LogP contribution is 2.25. The second-order valence-electron chi connectivity index (χ2n) is 27.3. The number of aliphatic hydroxyl groups excluding tert-OH is 1. The Balaban J connectivity index is 3.42. The van der Waals surface area contributed by atoms with Crippen LogP contribution in [0.4, 0.5) is 0 Å². The Morgan fingerprint density at radius 1 is 0.272 bits per heavy atom. The highest BCUT2D eigenvalue weighted by Gasteiger charge is 2.25. The molecule has 0 aliphatic heterocycles. The molecule has 0 saturated carbocycles. The normalized spacial score (nSPS) is 13.3. The molecular weight excluding hydrogens is 989 g/mol. The number of carboxylic acid groups (broad SMARTS) is 1. The smallest absolute Gasteiger partial charge is 0.309 e. The Morgan fingerprint density at radius 2 is 0.444 bits per heavy atom. The Kier molecular flexibility index (Phi) is 69.6. The Hall–Kier alpha value is -0.610. The molecule has 4 unspecified atom stereocenters. The minimum absolute atomic E-state index is 0.465. The summed E-state index contributed by atoms with van der Waals surface area (Å²) in [5, 5.41) is 20.5. The van der Waals surface area contributed by atoms with Crippen LogP contribution in [-0.4, -0.2) is 35.5 Å². The number of methoxy groups -OCH3 is 1. The Bertz CT molecular complexity index is 1140. The number of rotatable bonds is 73. The molecule has 0 bridgehead atoms. The number of hydrogen-bond donors (Lipinski definition) is 2. The lowest BCUT2D eigenvalue weighted by Crippen LogP contribution is -2.28. The third-order valence-electron chi connectivity index (χ3n) is 19.3. The van der Waals surface area contributed by atoms with E-state index in [0.29, 0.717) is 24.9 Å². The van der Waals surface area contributed by atoms with E-state index in [4.69, 9.17) is 4.74 Å². The van der Waals surface area contributed by atoms with Crippen molar-refractivity contribution >= 4 is 5.97 Å². The summed E-state index contributed by atoms with van der Waals surface area (Å²) >= 11 is 0. The molecule has 0 rings (SSSR count). The molecule has 81 heavy (non-hydrogen) atoms. The molecule has 486 valence electrons. The molecule has 0 fully saturated rings. The van der Waals surface area contributed by atoms with Gasteiger partial charge < -0.3 is 14.9 Å². The summed E-state index contributed by atoms with van der Waals surface area (Å²) < 4.78 is 5.98. The quantitative estimate of drug-likeness (QED) is 0.0596. The fourth-order valence-electron chi connectivity index (χ4n) is 13.4. The van der Waals surface area contributed by atoms with Gasteiger partial charge in [-0.3, -0.25) is 4.79 Å². The maximum absolute atomic E-state index is 11.9. The van der Waals surface area contributed by atoms with Crippen molar-refractivity contribution in [3.8, 4) is 0 Å². The number of aliphatic carboxylic acids is 1. The highest BCUT2D eigenvalue weighted by molar-refractivity contribution is 5.70. The fourth-order valence-corrected chi connectivity index (χ4v) is 13.4. The Morgan fingerprint density at radius 3 is 0.642 bits per heavy atom. The molecule has 0 aliphatic carbocycles. The van der Waals surface area contributed by atoms with Gasteiger partial charge in [0.15, 0.2) is 0 Å². The number of carbonyl (C=O) groups is 1. The van der Waals surface area contributed by atoms with E-state index < -0.39 is 18.0 Å². The molecule has 0 aromatic rings. The molecule has 0 saturated heterocycles. The molecular formula is C77H154O4. The first-order valence-corrected chi connectivity index (χ1v) is 38.4. The fraction of sp³-hybridized carbons (Fsp3) is 0.987. The van der Waals surface area contributed by atoms with Crippen LogP contribution in [0.2, 0.25) is 0 Å². The predicted octanol–water partition coefficient (Wildman–Crippen LogP) is 27.3. The van der Waals surface area contributed by atoms with Crippen molar-refractivity contribution in [1.29, 1.82) is 0 Å². The van der Waals surface area contributed by atoms with E-state index in [1.807, 2.05) is 7.11 Å². The second-order valence-corrected chi connectivity index (χ2v) is 27.3. The van der Waals surface area contributed by atoms with Crippen molar-refractivity contribution in [2.24, 2.45) is 11.8 Å². The topological polar surface area (TPSA) is 66.8 Å². The zero-order valence-corrected chi connectivity index (χ0v) is 56.6. The van der Waals surface area contributed by atoms with Crippen LogP contribution in [0, 0.1) is 11.8 Å². The molecule has 4 nitrogen and oxygen atoms in total. The maximum Gasteiger partial charge on any atom is 0.309 e. The van der Waals surface area contributed by atoms with E-state index in [-0.39, 0.29) is 0 Å². The SMILES string of the molecule is CCCCCCCCCCCCCCCCCCCCCCC(C(=O)O)C(O)CCCCCCCCCCCCCCCCCCCCCCCCCCCCC(OC)C(C)CCCCCCCCCCCCCCCCCCCC. The molecule has 0 aliphatic rings. The highest BCUT2D eigenvalue weighted by atomic mass is 16.5. The van der Waals surface area contributed by atoms with Gasteiger partial charge in [0.2, 0.25) is 0 Å². The number of ether oxygens (including phenoxy) is 1. The molecule has 4 heteroatoms. The standard InChI is InChI=1S/C77H154O4/c1-5-7-9-11-13-15-17-19-21-23-25-34-38-42-46-50-54-58-62-66-70-74(77(79)80)75(78)71-67-63-59-55-51-47-43-39-35-32-30-28-26-27-29-31-33-36-40-44-48-52-56-60-64-68-72-76(81-4)73(3)69-65-61-57-53-49-45-41-37-24-22-20-18-16-14-12-10-8-6-2/h73-76,78H,5-72H2,1-4H3,(H,79,80). The van der Waals surface area contributed by atoms with Gasteiger partial charge in [0.25, 0.3) is 0 Å². The molecule has 0 heterocycles. The average molecular weight is 1140 g/mol. The van der Waals surface area contributed by atoms with E-state index in [2.05, 4.69) is 20.8 Å². The molecule has 2 N–H and O–H groups in total. The van der Waals surface area contributed by atoms with Gasteiger partial charge >= 0.3 is 5.97 Å². The third kappa shape index (κ3) is 63.7. The summed E-state index contributed by atoms with van der Waals surface area (Å²) in [6, 6.07) is 0. The number of unbranched alkanes of at least 4 members (excludes halogenated alkanes) is 61. The van der Waals surface area contributed by atoms with Crippen molar-refractivity contribution in [3.05, 3.63) is 0 Å². The largest absolute Gasteiger partial charge is 0.481 e. The minimum Gasteiger partial charge on any atom is -0.481 e. The van der Waals surface area contributed by atoms with Crippen molar-refractivity contribution in [1.82, 2.24) is 0 Å². The van der Waals surface area contributed by atoms with Crippen LogP contribution in [0.3, 0.4) is 0 Å². The molecule has 0 aromatic carbocycles. The van der Waals surface area contributed by atoms with Gasteiger partial charge in [-0.1, -0.05) is 432 Å². The van der Waals surface area contributed by atoms with Crippen LogP contribution >= 0.6 is 0 Å². The number of hydrogen-bond acceptors (Lipinski definition) is 3. The van der Waals surface area contributed by atoms with Gasteiger partial charge in [0, 0.05) is 7.11 Å². The van der Waals surface area contributed by atoms with Gasteiger partial charge in [0.1, 0.15) is 0 Å². The summed E-state index contributed by atoms with van der Waals surface area (Å²) in [5.41, 5.74) is 0. The summed E-state index contributed by atoms with van der Waals surface area (Å²) in [4.78, 5) is 11.9. The van der Waals surface area contributed by atoms with Crippen molar-refractivity contribution in [3.63, 3.8) is 0 Å². The van der Waals surface area contributed by atoms with E-state index in [1.165, 1.54) is 398 Å². The minimum atomic E-state index is -0.800. The van der Waals surface area contributed by atoms with Crippen LogP contribution in [0.5, 0.6) is 0 Å². The monoisotopic (exact) mass is 1140 g/mol. The average Bonchev–Trinajstić information content (AvgIpc) is 3.46. The first-order chi connectivity index (χ1) is 40.0. The van der Waals surface area contributed by atoms with Gasteiger partial charge in [-0.2, -0.15) is 0 Å². The second kappa shape index (κ2) is 70.2. The Labute approximate surface area is 511 Å². The van der Waals surface area contributed by atoms with Gasteiger partial charge in [-0.25, -0.2) is 0 Å². The van der Waals surface area contributed by atoms with Crippen molar-refractivity contribution in [2.45, 2.75) is 470 Å². The zero-order chi connectivity index (χ0) is 58.7. The summed E-state index contributed by atoms with van der Waals surface area (Å²) in [6.45, 7) is 7.05. The molecule has 4 atom stereocenters. The van der Waals surface area contributed by atoms with Gasteiger partial charge in [-0.05, 0) is 31.6 Å².